The van der Waals surface area contributed by atoms with E-state index >= 15 is 0 Å². The molecular formula is C25H28ClNO6. The molecule has 0 aromatic heterocycles. The lowest BCUT2D eigenvalue weighted by atomic mass is 9.85. The largest absolute Gasteiger partial charge is 0.399 e. The second-order valence-corrected chi connectivity index (χ2v) is 9.66. The predicted molar refractivity (Wildman–Crippen MR) is 122 cm³/mol. The van der Waals surface area contributed by atoms with Gasteiger partial charge in [0.25, 0.3) is 0 Å². The highest BCUT2D eigenvalue weighted by Crippen LogP contribution is 2.50. The summed E-state index contributed by atoms with van der Waals surface area (Å²) in [5.41, 5.74) is 2.69. The molecule has 2 aliphatic heterocycles. The van der Waals surface area contributed by atoms with Crippen molar-refractivity contribution in [2.24, 2.45) is 11.1 Å². The average molecular weight is 474 g/mol. The van der Waals surface area contributed by atoms with Crippen molar-refractivity contribution in [3.63, 3.8) is 0 Å². The van der Waals surface area contributed by atoms with Gasteiger partial charge in [-0.2, -0.15) is 0 Å². The lowest BCUT2D eigenvalue weighted by Gasteiger charge is -2.42. The Morgan fingerprint density at radius 3 is 2.73 bits per heavy atom. The molecule has 1 aliphatic carbocycles. The monoisotopic (exact) mass is 473 g/mol. The molecule has 2 bridgehead atoms. The van der Waals surface area contributed by atoms with Crippen LogP contribution in [-0.2, 0) is 26.5 Å². The van der Waals surface area contributed by atoms with Crippen LogP contribution in [0.3, 0.4) is 0 Å². The summed E-state index contributed by atoms with van der Waals surface area (Å²) in [6, 6.07) is 14.0. The third-order valence-corrected chi connectivity index (χ3v) is 7.42. The average Bonchev–Trinajstić information content (AvgIpc) is 3.52. The maximum absolute atomic E-state index is 10.4. The van der Waals surface area contributed by atoms with Crippen molar-refractivity contribution >= 4 is 17.8 Å². The summed E-state index contributed by atoms with van der Waals surface area (Å²) in [7, 11) is 1.55. The number of nitrogens with zero attached hydrogens (tertiary/aromatic N) is 1. The molecule has 0 amide bonds. The van der Waals surface area contributed by atoms with Gasteiger partial charge in [-0.05, 0) is 47.6 Å². The summed E-state index contributed by atoms with van der Waals surface area (Å²) in [6.45, 7) is -0.447. The number of halogens is 1. The molecule has 176 valence electrons. The van der Waals surface area contributed by atoms with Gasteiger partial charge in [0.15, 0.2) is 5.79 Å². The van der Waals surface area contributed by atoms with Gasteiger partial charge in [-0.25, -0.2) is 0 Å². The molecule has 2 aromatic rings. The molecule has 7 nitrogen and oxygen atoms in total. The van der Waals surface area contributed by atoms with Crippen LogP contribution in [0.15, 0.2) is 47.6 Å². The van der Waals surface area contributed by atoms with Crippen molar-refractivity contribution in [2.75, 3.05) is 20.3 Å². The molecule has 3 aliphatic rings. The summed E-state index contributed by atoms with van der Waals surface area (Å²) in [5.74, 6) is -0.307. The van der Waals surface area contributed by atoms with Crippen molar-refractivity contribution in [1.82, 2.24) is 0 Å². The lowest BCUT2D eigenvalue weighted by molar-refractivity contribution is -0.281. The van der Waals surface area contributed by atoms with Crippen LogP contribution >= 0.6 is 11.6 Å². The van der Waals surface area contributed by atoms with Crippen LogP contribution in [0.25, 0.3) is 0 Å². The molecular weight excluding hydrogens is 446 g/mol. The van der Waals surface area contributed by atoms with E-state index in [1.54, 1.807) is 13.2 Å². The SMILES string of the molecule is CON=CC1CC1c1ccc(Cc2cc(C34CC(O)C(O)C(CO)(CO3)O4)ccc2Cl)cc1. The van der Waals surface area contributed by atoms with E-state index in [0.717, 1.165) is 17.5 Å². The Bertz CT molecular complexity index is 1050. The number of ether oxygens (including phenoxy) is 2. The van der Waals surface area contributed by atoms with Gasteiger partial charge in [0.2, 0.25) is 0 Å². The van der Waals surface area contributed by atoms with Crippen LogP contribution in [0.1, 0.15) is 41.0 Å². The minimum Gasteiger partial charge on any atom is -0.399 e. The van der Waals surface area contributed by atoms with Gasteiger partial charge in [0.05, 0.1) is 19.3 Å². The first kappa shape index (κ1) is 22.8. The summed E-state index contributed by atoms with van der Waals surface area (Å²) in [4.78, 5) is 4.77. The van der Waals surface area contributed by atoms with Crippen LogP contribution in [-0.4, -0.2) is 59.7 Å². The molecule has 3 N–H and O–H groups in total. The smallest absolute Gasteiger partial charge is 0.198 e. The Morgan fingerprint density at radius 1 is 1.21 bits per heavy atom. The molecule has 2 heterocycles. The van der Waals surface area contributed by atoms with Gasteiger partial charge in [0, 0.05) is 29.1 Å². The van der Waals surface area contributed by atoms with Crippen LogP contribution in [0, 0.1) is 5.92 Å². The zero-order valence-corrected chi connectivity index (χ0v) is 19.1. The number of aliphatic hydroxyl groups excluding tert-OH is 3. The first-order valence-electron chi connectivity index (χ1n) is 11.2. The number of rotatable bonds is 7. The van der Waals surface area contributed by atoms with E-state index in [4.69, 9.17) is 25.9 Å². The second-order valence-electron chi connectivity index (χ2n) is 9.25. The number of fused-ring (bicyclic) bond motifs is 2. The first-order chi connectivity index (χ1) is 15.9. The van der Waals surface area contributed by atoms with Gasteiger partial charge < -0.3 is 29.6 Å². The number of hydrogen-bond acceptors (Lipinski definition) is 7. The van der Waals surface area contributed by atoms with Crippen LogP contribution in [0.2, 0.25) is 5.02 Å². The molecule has 3 fully saturated rings. The van der Waals surface area contributed by atoms with Crippen molar-refractivity contribution in [2.45, 2.75) is 48.8 Å². The Kier molecular flexibility index (Phi) is 5.97. The fourth-order valence-corrected chi connectivity index (χ4v) is 5.18. The Morgan fingerprint density at radius 2 is 2.00 bits per heavy atom. The molecule has 8 heteroatoms. The van der Waals surface area contributed by atoms with E-state index in [2.05, 4.69) is 29.4 Å². The zero-order valence-electron chi connectivity index (χ0n) is 18.4. The van der Waals surface area contributed by atoms with Crippen molar-refractivity contribution in [1.29, 1.82) is 0 Å². The highest BCUT2D eigenvalue weighted by atomic mass is 35.5. The Balaban J connectivity index is 1.34. The van der Waals surface area contributed by atoms with Crippen molar-refractivity contribution in [3.8, 4) is 0 Å². The van der Waals surface area contributed by atoms with Crippen LogP contribution in [0.4, 0.5) is 0 Å². The molecule has 2 aromatic carbocycles. The summed E-state index contributed by atoms with van der Waals surface area (Å²) >= 11 is 6.51. The van der Waals surface area contributed by atoms with Gasteiger partial charge in [-0.15, -0.1) is 0 Å². The predicted octanol–water partition coefficient (Wildman–Crippen LogP) is 2.72. The Labute approximate surface area is 197 Å². The quantitative estimate of drug-likeness (QED) is 0.422. The normalized spacial score (nSPS) is 35.2. The van der Waals surface area contributed by atoms with E-state index in [-0.39, 0.29) is 13.0 Å². The molecule has 33 heavy (non-hydrogen) atoms. The number of benzene rings is 2. The Hall–Kier alpha value is -2.00. The number of hydrogen-bond donors (Lipinski definition) is 3. The number of oxime groups is 1. The topological polar surface area (TPSA) is 101 Å². The van der Waals surface area contributed by atoms with Crippen molar-refractivity contribution < 1.29 is 29.6 Å². The fraction of sp³-hybridized carbons (Fsp3) is 0.480. The second kappa shape index (κ2) is 8.65. The molecule has 0 spiro atoms. The standard InChI is InChI=1S/C25H28ClNO6/c1-31-27-12-18-10-20(18)16-4-2-15(3-5-16)8-17-9-19(6-7-21(17)26)25-11-22(29)23(30)24(13-28,33-25)14-32-25/h2-7,9,12,18,20,22-23,28-30H,8,10-11,13-14H2,1H3. The minimum atomic E-state index is -1.33. The third kappa shape index (κ3) is 4.07. The van der Waals surface area contributed by atoms with Crippen LogP contribution in [0.5, 0.6) is 0 Å². The number of aliphatic hydroxyl groups is 3. The third-order valence-electron chi connectivity index (χ3n) is 7.05. The zero-order chi connectivity index (χ0) is 23.2. The summed E-state index contributed by atoms with van der Waals surface area (Å²) in [5, 5.41) is 35.1. The maximum Gasteiger partial charge on any atom is 0.198 e. The molecule has 0 radical (unpaired) electrons. The first-order valence-corrected chi connectivity index (χ1v) is 11.5. The highest BCUT2D eigenvalue weighted by molar-refractivity contribution is 6.31. The summed E-state index contributed by atoms with van der Waals surface area (Å²) < 4.78 is 12.0. The highest BCUT2D eigenvalue weighted by Gasteiger charge is 2.62. The van der Waals surface area contributed by atoms with E-state index < -0.39 is 30.2 Å². The van der Waals surface area contributed by atoms with E-state index in [1.807, 2.05) is 18.3 Å². The van der Waals surface area contributed by atoms with Crippen LogP contribution < -0.4 is 0 Å². The maximum atomic E-state index is 10.4. The van der Waals surface area contributed by atoms with E-state index in [0.29, 0.717) is 28.8 Å². The molecule has 1 saturated carbocycles. The lowest BCUT2D eigenvalue weighted by Crippen LogP contribution is -2.59. The fourth-order valence-electron chi connectivity index (χ4n) is 4.99. The van der Waals surface area contributed by atoms with Crippen molar-refractivity contribution in [3.05, 3.63) is 69.7 Å². The molecule has 5 rings (SSSR count). The molecule has 6 unspecified atom stereocenters. The molecule has 2 saturated heterocycles. The van der Waals surface area contributed by atoms with Gasteiger partial charge in [0.1, 0.15) is 18.8 Å². The minimum absolute atomic E-state index is 0.00159. The van der Waals surface area contributed by atoms with Gasteiger partial charge >= 0.3 is 0 Å². The summed E-state index contributed by atoms with van der Waals surface area (Å²) in [6.07, 6.45) is 1.36. The van der Waals surface area contributed by atoms with E-state index in [9.17, 15) is 15.3 Å². The van der Waals surface area contributed by atoms with E-state index in [1.165, 1.54) is 5.56 Å². The molecule has 6 atom stereocenters. The van der Waals surface area contributed by atoms with Gasteiger partial charge in [-0.1, -0.05) is 47.1 Å². The van der Waals surface area contributed by atoms with Gasteiger partial charge in [-0.3, -0.25) is 0 Å².